The van der Waals surface area contributed by atoms with Gasteiger partial charge in [0, 0.05) is 30.8 Å². The molecule has 1 saturated heterocycles. The molecule has 2 amide bonds. The Morgan fingerprint density at radius 3 is 2.81 bits per heavy atom. The van der Waals surface area contributed by atoms with Gasteiger partial charge in [-0.15, -0.1) is 0 Å². The van der Waals surface area contributed by atoms with E-state index in [-0.39, 0.29) is 17.2 Å². The molecule has 0 aliphatic carbocycles. The van der Waals surface area contributed by atoms with Crippen LogP contribution in [0, 0.1) is 5.82 Å². The number of anilines is 1. The Hall–Kier alpha value is -4.14. The highest BCUT2D eigenvalue weighted by Crippen LogP contribution is 2.25. The first-order chi connectivity index (χ1) is 15.5. The summed E-state index contributed by atoms with van der Waals surface area (Å²) in [6.07, 6.45) is 2.35. The van der Waals surface area contributed by atoms with E-state index in [2.05, 4.69) is 15.3 Å². The summed E-state index contributed by atoms with van der Waals surface area (Å²) < 4.78 is 20.2. The highest BCUT2D eigenvalue weighted by molar-refractivity contribution is 6.04. The van der Waals surface area contributed by atoms with Crippen LogP contribution in [-0.2, 0) is 0 Å². The number of nitrogens with zero attached hydrogens (tertiary/aromatic N) is 2. The lowest BCUT2D eigenvalue weighted by Crippen LogP contribution is -2.37. The number of nitrogens with two attached hydrogens (primary N) is 1. The van der Waals surface area contributed by atoms with Gasteiger partial charge in [-0.25, -0.2) is 9.37 Å². The Morgan fingerprint density at radius 1 is 1.19 bits per heavy atom. The molecule has 2 aromatic carbocycles. The fourth-order valence-corrected chi connectivity index (χ4v) is 4.01. The lowest BCUT2D eigenvalue weighted by molar-refractivity contribution is 0.0935. The van der Waals surface area contributed by atoms with Crippen molar-refractivity contribution in [1.82, 2.24) is 15.3 Å². The second-order valence-corrected chi connectivity index (χ2v) is 7.70. The number of halogens is 1. The maximum absolute atomic E-state index is 14.8. The van der Waals surface area contributed by atoms with Crippen LogP contribution >= 0.6 is 0 Å². The quantitative estimate of drug-likeness (QED) is 0.447. The summed E-state index contributed by atoms with van der Waals surface area (Å²) in [5, 5.41) is 2.89. The van der Waals surface area contributed by atoms with Gasteiger partial charge in [0.2, 0.25) is 0 Å². The van der Waals surface area contributed by atoms with E-state index in [4.69, 9.17) is 10.2 Å². The van der Waals surface area contributed by atoms with E-state index in [9.17, 15) is 14.0 Å². The zero-order valence-electron chi connectivity index (χ0n) is 17.0. The van der Waals surface area contributed by atoms with Gasteiger partial charge in [-0.2, -0.15) is 0 Å². The summed E-state index contributed by atoms with van der Waals surface area (Å²) in [6.45, 7) is 1.35. The molecular formula is C23H20FN5O3. The number of H-pyrrole nitrogens is 1. The Bertz CT molecular complexity index is 1310. The Labute approximate surface area is 182 Å². The van der Waals surface area contributed by atoms with Crippen LogP contribution in [0.1, 0.15) is 27.1 Å². The topological polar surface area (TPSA) is 117 Å². The van der Waals surface area contributed by atoms with Crippen molar-refractivity contribution in [3.05, 3.63) is 71.7 Å². The van der Waals surface area contributed by atoms with Gasteiger partial charge in [0.25, 0.3) is 11.8 Å². The average Bonchev–Trinajstić information content (AvgIpc) is 3.52. The number of aromatic amines is 1. The van der Waals surface area contributed by atoms with E-state index < -0.39 is 17.6 Å². The summed E-state index contributed by atoms with van der Waals surface area (Å²) in [4.78, 5) is 33.8. The van der Waals surface area contributed by atoms with Crippen molar-refractivity contribution >= 4 is 28.7 Å². The van der Waals surface area contributed by atoms with Gasteiger partial charge >= 0.3 is 0 Å². The third kappa shape index (κ3) is 3.58. The number of hydrogen-bond donors (Lipinski definition) is 3. The van der Waals surface area contributed by atoms with Crippen LogP contribution in [0.3, 0.4) is 0 Å². The maximum atomic E-state index is 14.8. The number of amides is 2. The summed E-state index contributed by atoms with van der Waals surface area (Å²) in [7, 11) is 0. The summed E-state index contributed by atoms with van der Waals surface area (Å²) in [5.41, 5.74) is 7.12. The number of para-hydroxylation sites is 1. The molecule has 2 aromatic heterocycles. The van der Waals surface area contributed by atoms with Gasteiger partial charge in [-0.3, -0.25) is 9.59 Å². The number of furan rings is 1. The van der Waals surface area contributed by atoms with E-state index in [1.165, 1.54) is 12.1 Å². The predicted octanol–water partition coefficient (Wildman–Crippen LogP) is 3.07. The molecule has 8 nitrogen and oxygen atoms in total. The Balaban J connectivity index is 1.33. The van der Waals surface area contributed by atoms with E-state index >= 15 is 0 Å². The SMILES string of the molecule is NC(=O)c1cccc2[nH]c(-c3ccc(C(=O)NC4CCN(c5ccco5)C4)c(F)c3)nc12. The number of benzene rings is 2. The summed E-state index contributed by atoms with van der Waals surface area (Å²) in [5.74, 6) is -0.589. The minimum atomic E-state index is -0.656. The standard InChI is InChI=1S/C23H20FN5O3/c24-17-11-13(22-27-18-4-1-3-16(21(25)30)20(18)28-22)6-7-15(17)23(31)26-14-8-9-29(12-14)19-5-2-10-32-19/h1-7,10-11,14H,8-9,12H2,(H2,25,30)(H,26,31)(H,27,28). The van der Waals surface area contributed by atoms with E-state index in [0.717, 1.165) is 18.8 Å². The summed E-state index contributed by atoms with van der Waals surface area (Å²) in [6, 6.07) is 12.9. The van der Waals surface area contributed by atoms with Gasteiger partial charge in [-0.05, 0) is 36.8 Å². The molecule has 0 saturated carbocycles. The van der Waals surface area contributed by atoms with Gasteiger partial charge < -0.3 is 25.4 Å². The van der Waals surface area contributed by atoms with Crippen LogP contribution in [-0.4, -0.2) is 40.9 Å². The van der Waals surface area contributed by atoms with Crippen molar-refractivity contribution < 1.29 is 18.4 Å². The van der Waals surface area contributed by atoms with Crippen molar-refractivity contribution in [1.29, 1.82) is 0 Å². The lowest BCUT2D eigenvalue weighted by atomic mass is 10.1. The Kier molecular flexibility index (Phi) is 4.85. The minimum absolute atomic E-state index is 0.0425. The number of primary amides is 1. The fourth-order valence-electron chi connectivity index (χ4n) is 4.01. The van der Waals surface area contributed by atoms with Crippen molar-refractivity contribution in [2.24, 2.45) is 5.73 Å². The van der Waals surface area contributed by atoms with Crippen molar-refractivity contribution in [2.45, 2.75) is 12.5 Å². The van der Waals surface area contributed by atoms with Crippen molar-refractivity contribution in [3.63, 3.8) is 0 Å². The molecule has 4 aromatic rings. The van der Waals surface area contributed by atoms with E-state index in [1.807, 2.05) is 17.0 Å². The third-order valence-corrected chi connectivity index (χ3v) is 5.61. The van der Waals surface area contributed by atoms with Crippen LogP contribution in [0.25, 0.3) is 22.4 Å². The fraction of sp³-hybridized carbons (Fsp3) is 0.174. The number of hydrogen-bond acceptors (Lipinski definition) is 5. The van der Waals surface area contributed by atoms with Crippen LogP contribution in [0.4, 0.5) is 10.3 Å². The molecule has 1 unspecified atom stereocenters. The minimum Gasteiger partial charge on any atom is -0.449 e. The molecule has 1 aliphatic rings. The van der Waals surface area contributed by atoms with E-state index in [1.54, 1.807) is 30.5 Å². The molecule has 0 radical (unpaired) electrons. The average molecular weight is 433 g/mol. The van der Waals surface area contributed by atoms with Crippen molar-refractivity contribution in [2.75, 3.05) is 18.0 Å². The molecule has 32 heavy (non-hydrogen) atoms. The number of carbonyl (C=O) groups is 2. The van der Waals surface area contributed by atoms with Crippen molar-refractivity contribution in [3.8, 4) is 11.4 Å². The van der Waals surface area contributed by atoms with Crippen LogP contribution in [0.2, 0.25) is 0 Å². The van der Waals surface area contributed by atoms with E-state index in [0.29, 0.717) is 29.0 Å². The molecule has 1 atom stereocenters. The highest BCUT2D eigenvalue weighted by Gasteiger charge is 2.26. The molecule has 1 aliphatic heterocycles. The molecule has 0 spiro atoms. The second-order valence-electron chi connectivity index (χ2n) is 7.70. The van der Waals surface area contributed by atoms with Crippen LogP contribution in [0.5, 0.6) is 0 Å². The van der Waals surface area contributed by atoms with Gasteiger partial charge in [0.05, 0.1) is 22.9 Å². The molecule has 5 rings (SSSR count). The first-order valence-corrected chi connectivity index (χ1v) is 10.2. The predicted molar refractivity (Wildman–Crippen MR) is 117 cm³/mol. The number of aromatic nitrogens is 2. The van der Waals surface area contributed by atoms with Crippen LogP contribution < -0.4 is 16.0 Å². The molecule has 162 valence electrons. The lowest BCUT2D eigenvalue weighted by Gasteiger charge is -2.16. The normalized spacial score (nSPS) is 15.9. The first kappa shape index (κ1) is 19.8. The summed E-state index contributed by atoms with van der Waals surface area (Å²) >= 11 is 0. The number of carbonyl (C=O) groups excluding carboxylic acids is 2. The molecule has 4 N–H and O–H groups in total. The second kappa shape index (κ2) is 7.84. The first-order valence-electron chi connectivity index (χ1n) is 10.2. The molecular weight excluding hydrogens is 413 g/mol. The van der Waals surface area contributed by atoms with Gasteiger partial charge in [0.1, 0.15) is 17.2 Å². The maximum Gasteiger partial charge on any atom is 0.254 e. The molecule has 3 heterocycles. The number of rotatable bonds is 5. The number of fused-ring (bicyclic) bond motifs is 1. The largest absolute Gasteiger partial charge is 0.449 e. The van der Waals surface area contributed by atoms with Gasteiger partial charge in [0.15, 0.2) is 5.88 Å². The van der Waals surface area contributed by atoms with Crippen LogP contribution in [0.15, 0.2) is 59.2 Å². The zero-order chi connectivity index (χ0) is 22.2. The Morgan fingerprint density at radius 2 is 2.06 bits per heavy atom. The van der Waals surface area contributed by atoms with Gasteiger partial charge in [-0.1, -0.05) is 12.1 Å². The zero-order valence-corrected chi connectivity index (χ0v) is 17.0. The number of nitrogens with one attached hydrogen (secondary N) is 2. The molecule has 1 fully saturated rings. The third-order valence-electron chi connectivity index (χ3n) is 5.61. The molecule has 0 bridgehead atoms. The smallest absolute Gasteiger partial charge is 0.254 e. The molecule has 9 heteroatoms. The number of imidazole rings is 1. The highest BCUT2D eigenvalue weighted by atomic mass is 19.1. The monoisotopic (exact) mass is 433 g/mol.